The maximum atomic E-state index is 14.6. The Balaban J connectivity index is 1.60. The van der Waals surface area contributed by atoms with E-state index in [1.165, 1.54) is 7.11 Å². The lowest BCUT2D eigenvalue weighted by atomic mass is 9.74. The molecule has 2 aliphatic rings. The first-order valence-corrected chi connectivity index (χ1v) is 15.2. The summed E-state index contributed by atoms with van der Waals surface area (Å²) in [5.41, 5.74) is 2.03. The number of carbonyl (C=O) groups is 2. The zero-order valence-electron chi connectivity index (χ0n) is 25.3. The summed E-state index contributed by atoms with van der Waals surface area (Å²) in [6.45, 7) is 4.01. The SMILES string of the molecule is COC(=O)[C@H](CC(C)C)NC(=O)[C@@H]1C[C@@]2(O)c3ccccc3N[C@H]2N1C(c1ccccc1)(c1ccccc1)c1ccccc1. The lowest BCUT2D eigenvalue weighted by Gasteiger charge is -2.48. The molecule has 0 aliphatic carbocycles. The average Bonchev–Trinajstić information content (AvgIpc) is 3.51. The van der Waals surface area contributed by atoms with E-state index in [9.17, 15) is 14.7 Å². The molecule has 0 aromatic heterocycles. The fraction of sp³-hybridized carbons (Fsp3) is 0.297. The number of hydrogen-bond donors (Lipinski definition) is 3. The number of fused-ring (bicyclic) bond motifs is 3. The van der Waals surface area contributed by atoms with Gasteiger partial charge in [-0.3, -0.25) is 9.69 Å². The predicted molar refractivity (Wildman–Crippen MR) is 171 cm³/mol. The largest absolute Gasteiger partial charge is 0.467 e. The number of ether oxygens (including phenoxy) is 1. The van der Waals surface area contributed by atoms with Crippen molar-refractivity contribution in [3.63, 3.8) is 0 Å². The first-order chi connectivity index (χ1) is 21.3. The standard InChI is InChI=1S/C37H39N3O4/c1-25(2)23-31(34(42)44-3)38-33(41)32-24-36(43)29-21-13-14-22-30(29)39-35(36)40(32)37(26-15-7-4-8-16-26,27-17-9-5-10-18-27)28-19-11-6-12-20-28/h4-22,25,31-32,35,39,43H,23-24H2,1-3H3,(H,38,41)/t31-,32-,35-,36+/m0/s1. The third-order valence-electron chi connectivity index (χ3n) is 9.03. The molecule has 3 N–H and O–H groups in total. The minimum atomic E-state index is -1.39. The van der Waals surface area contributed by atoms with Gasteiger partial charge in [-0.15, -0.1) is 0 Å². The summed E-state index contributed by atoms with van der Waals surface area (Å²) in [5.74, 6) is -0.678. The van der Waals surface area contributed by atoms with Crippen LogP contribution < -0.4 is 10.6 Å². The van der Waals surface area contributed by atoms with Crippen LogP contribution in [0.4, 0.5) is 5.69 Å². The second-order valence-electron chi connectivity index (χ2n) is 12.2. The van der Waals surface area contributed by atoms with Crippen LogP contribution in [0.3, 0.4) is 0 Å². The van der Waals surface area contributed by atoms with Gasteiger partial charge in [0.05, 0.1) is 18.7 Å². The molecule has 7 nitrogen and oxygen atoms in total. The van der Waals surface area contributed by atoms with Crippen molar-refractivity contribution in [3.8, 4) is 0 Å². The van der Waals surface area contributed by atoms with E-state index < -0.39 is 35.4 Å². The topological polar surface area (TPSA) is 90.9 Å². The van der Waals surface area contributed by atoms with Gasteiger partial charge in [-0.05, 0) is 35.1 Å². The number of carbonyl (C=O) groups excluding carboxylic acids is 2. The molecule has 6 rings (SSSR count). The van der Waals surface area contributed by atoms with Gasteiger partial charge < -0.3 is 20.5 Å². The summed E-state index contributed by atoms with van der Waals surface area (Å²) < 4.78 is 5.09. The summed E-state index contributed by atoms with van der Waals surface area (Å²) in [6.07, 6.45) is -0.115. The molecule has 44 heavy (non-hydrogen) atoms. The zero-order chi connectivity index (χ0) is 30.9. The minimum absolute atomic E-state index is 0.122. The number of anilines is 1. The van der Waals surface area contributed by atoms with Gasteiger partial charge in [-0.2, -0.15) is 0 Å². The van der Waals surface area contributed by atoms with Gasteiger partial charge in [-0.25, -0.2) is 4.79 Å². The Labute approximate surface area is 258 Å². The number of rotatable bonds is 9. The van der Waals surface area contributed by atoms with Gasteiger partial charge in [0.1, 0.15) is 17.8 Å². The fourth-order valence-corrected chi connectivity index (χ4v) is 7.22. The quantitative estimate of drug-likeness (QED) is 0.179. The molecular formula is C37H39N3O4. The highest BCUT2D eigenvalue weighted by Crippen LogP contribution is 2.56. The number of amides is 1. The number of benzene rings is 4. The molecule has 0 spiro atoms. The van der Waals surface area contributed by atoms with Crippen molar-refractivity contribution in [2.75, 3.05) is 12.4 Å². The van der Waals surface area contributed by atoms with Gasteiger partial charge in [-0.1, -0.05) is 123 Å². The van der Waals surface area contributed by atoms with Crippen LogP contribution in [-0.4, -0.2) is 47.2 Å². The Bertz CT molecular complexity index is 1520. The Hall–Kier alpha value is -4.46. The minimum Gasteiger partial charge on any atom is -0.467 e. The summed E-state index contributed by atoms with van der Waals surface area (Å²) >= 11 is 0. The molecule has 2 aliphatic heterocycles. The van der Waals surface area contributed by atoms with E-state index in [0.717, 1.165) is 27.9 Å². The van der Waals surface area contributed by atoms with Gasteiger partial charge in [0.25, 0.3) is 0 Å². The first kappa shape index (κ1) is 29.6. The molecule has 7 heteroatoms. The van der Waals surface area contributed by atoms with Crippen LogP contribution in [-0.2, 0) is 25.5 Å². The van der Waals surface area contributed by atoms with Crippen molar-refractivity contribution in [1.29, 1.82) is 0 Å². The lowest BCUT2D eigenvalue weighted by Crippen LogP contribution is -2.61. The number of likely N-dealkylation sites (tertiary alicyclic amines) is 1. The van der Waals surface area contributed by atoms with Gasteiger partial charge in [0.15, 0.2) is 0 Å². The van der Waals surface area contributed by atoms with Crippen LogP contribution >= 0.6 is 0 Å². The van der Waals surface area contributed by atoms with Crippen LogP contribution in [0, 0.1) is 5.92 Å². The second-order valence-corrected chi connectivity index (χ2v) is 12.2. The molecule has 4 aromatic carbocycles. The van der Waals surface area contributed by atoms with E-state index in [2.05, 4.69) is 51.9 Å². The first-order valence-electron chi connectivity index (χ1n) is 15.2. The third-order valence-corrected chi connectivity index (χ3v) is 9.03. The predicted octanol–water partition coefficient (Wildman–Crippen LogP) is 5.40. The highest BCUT2D eigenvalue weighted by molar-refractivity contribution is 5.89. The number of esters is 1. The van der Waals surface area contributed by atoms with Gasteiger partial charge >= 0.3 is 5.97 Å². The molecule has 4 aromatic rings. The maximum Gasteiger partial charge on any atom is 0.328 e. The van der Waals surface area contributed by atoms with Crippen LogP contribution in [0.5, 0.6) is 0 Å². The molecule has 1 saturated heterocycles. The number of aliphatic hydroxyl groups is 1. The summed E-state index contributed by atoms with van der Waals surface area (Å²) in [4.78, 5) is 29.6. The van der Waals surface area contributed by atoms with Crippen molar-refractivity contribution in [2.24, 2.45) is 5.92 Å². The van der Waals surface area contributed by atoms with Crippen molar-refractivity contribution in [3.05, 3.63) is 138 Å². The molecular weight excluding hydrogens is 550 g/mol. The molecule has 0 bridgehead atoms. The summed E-state index contributed by atoms with van der Waals surface area (Å²) in [5, 5.41) is 19.3. The molecule has 226 valence electrons. The van der Waals surface area contributed by atoms with Crippen LogP contribution in [0.15, 0.2) is 115 Å². The number of nitrogens with zero attached hydrogens (tertiary/aromatic N) is 1. The molecule has 0 unspecified atom stereocenters. The van der Waals surface area contributed by atoms with Crippen molar-refractivity contribution < 1.29 is 19.4 Å². The van der Waals surface area contributed by atoms with Crippen molar-refractivity contribution in [1.82, 2.24) is 10.2 Å². The number of hydrogen-bond acceptors (Lipinski definition) is 6. The van der Waals surface area contributed by atoms with Gasteiger partial charge in [0, 0.05) is 17.7 Å². The van der Waals surface area contributed by atoms with E-state index >= 15 is 0 Å². The van der Waals surface area contributed by atoms with E-state index in [4.69, 9.17) is 4.74 Å². The highest BCUT2D eigenvalue weighted by atomic mass is 16.5. The monoisotopic (exact) mass is 589 g/mol. The molecule has 2 heterocycles. The lowest BCUT2D eigenvalue weighted by molar-refractivity contribution is -0.146. The molecule has 0 saturated carbocycles. The highest BCUT2D eigenvalue weighted by Gasteiger charge is 2.64. The maximum absolute atomic E-state index is 14.6. The molecule has 1 fully saturated rings. The normalized spacial score (nSPS) is 21.7. The van der Waals surface area contributed by atoms with E-state index in [1.54, 1.807) is 0 Å². The molecule has 1 amide bonds. The molecule has 0 radical (unpaired) electrons. The third kappa shape index (κ3) is 4.86. The fourth-order valence-electron chi connectivity index (χ4n) is 7.22. The van der Waals surface area contributed by atoms with E-state index in [-0.39, 0.29) is 18.2 Å². The van der Waals surface area contributed by atoms with Crippen LogP contribution in [0.2, 0.25) is 0 Å². The summed E-state index contributed by atoms with van der Waals surface area (Å²) in [7, 11) is 1.34. The Morgan fingerprint density at radius 1 is 0.886 bits per heavy atom. The van der Waals surface area contributed by atoms with Crippen LogP contribution in [0.1, 0.15) is 48.9 Å². The number of methoxy groups -OCH3 is 1. The zero-order valence-corrected chi connectivity index (χ0v) is 25.3. The van der Waals surface area contributed by atoms with Crippen LogP contribution in [0.25, 0.3) is 0 Å². The Morgan fingerprint density at radius 3 is 1.89 bits per heavy atom. The number of nitrogens with one attached hydrogen (secondary N) is 2. The Morgan fingerprint density at radius 2 is 1.39 bits per heavy atom. The van der Waals surface area contributed by atoms with Crippen molar-refractivity contribution in [2.45, 2.75) is 56.1 Å². The Kier molecular flexibility index (Phi) is 8.01. The summed E-state index contributed by atoms with van der Waals surface area (Å²) in [6, 6.07) is 36.5. The van der Waals surface area contributed by atoms with Crippen molar-refractivity contribution >= 4 is 17.6 Å². The number of para-hydroxylation sites is 1. The van der Waals surface area contributed by atoms with Gasteiger partial charge in [0.2, 0.25) is 5.91 Å². The molecule has 4 atom stereocenters. The smallest absolute Gasteiger partial charge is 0.328 e. The van der Waals surface area contributed by atoms with E-state index in [0.29, 0.717) is 6.42 Å². The average molecular weight is 590 g/mol. The van der Waals surface area contributed by atoms with E-state index in [1.807, 2.05) is 92.7 Å². The second kappa shape index (κ2) is 11.9.